The van der Waals surface area contributed by atoms with Crippen LogP contribution in [0.15, 0.2) is 48.5 Å². The molecule has 1 fully saturated rings. The molecule has 7 heteroatoms. The van der Waals surface area contributed by atoms with Crippen LogP contribution >= 0.6 is 11.6 Å². The number of hydrogen-bond donors (Lipinski definition) is 1. The van der Waals surface area contributed by atoms with E-state index in [0.29, 0.717) is 42.2 Å². The molecular weight excluding hydrogens is 440 g/mol. The molecule has 0 unspecified atom stereocenters. The van der Waals surface area contributed by atoms with Crippen LogP contribution in [0.2, 0.25) is 5.02 Å². The summed E-state index contributed by atoms with van der Waals surface area (Å²) in [6, 6.07) is 14.4. The molecule has 1 aliphatic rings. The number of carbonyl (C=O) groups is 3. The highest BCUT2D eigenvalue weighted by Crippen LogP contribution is 2.24. The summed E-state index contributed by atoms with van der Waals surface area (Å²) in [5, 5.41) is 3.37. The van der Waals surface area contributed by atoms with E-state index < -0.39 is 12.1 Å². The lowest BCUT2D eigenvalue weighted by atomic mass is 9.87. The average molecular weight is 471 g/mol. The van der Waals surface area contributed by atoms with Crippen molar-refractivity contribution in [1.29, 1.82) is 0 Å². The zero-order valence-corrected chi connectivity index (χ0v) is 20.3. The van der Waals surface area contributed by atoms with Gasteiger partial charge in [-0.3, -0.25) is 14.4 Å². The van der Waals surface area contributed by atoms with Gasteiger partial charge in [0.2, 0.25) is 0 Å². The molecule has 0 saturated carbocycles. The van der Waals surface area contributed by atoms with E-state index in [1.165, 1.54) is 5.56 Å². The number of rotatable bonds is 5. The van der Waals surface area contributed by atoms with Gasteiger partial charge < -0.3 is 15.0 Å². The Hall–Kier alpha value is -2.86. The molecule has 176 valence electrons. The monoisotopic (exact) mass is 470 g/mol. The van der Waals surface area contributed by atoms with Crippen LogP contribution in [0.5, 0.6) is 0 Å². The Kier molecular flexibility index (Phi) is 7.80. The van der Waals surface area contributed by atoms with E-state index >= 15 is 0 Å². The quantitative estimate of drug-likeness (QED) is 0.619. The Morgan fingerprint density at radius 3 is 2.12 bits per heavy atom. The van der Waals surface area contributed by atoms with E-state index in [1.54, 1.807) is 36.1 Å². The van der Waals surface area contributed by atoms with Crippen molar-refractivity contribution in [2.45, 2.75) is 52.1 Å². The maximum atomic E-state index is 12.6. The van der Waals surface area contributed by atoms with Crippen molar-refractivity contribution in [3.8, 4) is 0 Å². The van der Waals surface area contributed by atoms with Gasteiger partial charge in [-0.2, -0.15) is 0 Å². The summed E-state index contributed by atoms with van der Waals surface area (Å²) in [4.78, 5) is 39.4. The zero-order valence-electron chi connectivity index (χ0n) is 19.6. The first-order valence-electron chi connectivity index (χ1n) is 11.2. The molecule has 1 atom stereocenters. The average Bonchev–Trinajstić information content (AvgIpc) is 2.79. The predicted molar refractivity (Wildman–Crippen MR) is 129 cm³/mol. The molecule has 0 spiro atoms. The van der Waals surface area contributed by atoms with Crippen LogP contribution in [0.1, 0.15) is 56.5 Å². The summed E-state index contributed by atoms with van der Waals surface area (Å²) < 4.78 is 5.43. The van der Waals surface area contributed by atoms with Crippen LogP contribution in [0.25, 0.3) is 0 Å². The number of nitrogens with one attached hydrogen (secondary N) is 1. The van der Waals surface area contributed by atoms with E-state index in [0.717, 1.165) is 0 Å². The van der Waals surface area contributed by atoms with Gasteiger partial charge >= 0.3 is 5.97 Å². The second-order valence-corrected chi connectivity index (χ2v) is 9.91. The standard InChI is InChI=1S/C26H31ClN2O4/c1-17(23(30)28-22-11-7-20(8-12-22)26(2,3)4)33-25(32)19-13-15-29(16-14-19)24(31)18-5-9-21(27)10-6-18/h5-12,17,19H,13-16H2,1-4H3,(H,28,30)/t17-/m0/s1. The fourth-order valence-corrected chi connectivity index (χ4v) is 3.84. The van der Waals surface area contributed by atoms with Gasteiger partial charge in [-0.1, -0.05) is 44.5 Å². The topological polar surface area (TPSA) is 75.7 Å². The minimum absolute atomic E-state index is 0.0281. The number of nitrogens with zero attached hydrogens (tertiary/aromatic N) is 1. The lowest BCUT2D eigenvalue weighted by molar-refractivity contribution is -0.158. The number of benzene rings is 2. The number of halogens is 1. The molecule has 1 heterocycles. The lowest BCUT2D eigenvalue weighted by Gasteiger charge is -2.31. The fourth-order valence-electron chi connectivity index (χ4n) is 3.71. The number of ether oxygens (including phenoxy) is 1. The largest absolute Gasteiger partial charge is 0.452 e. The third kappa shape index (κ3) is 6.57. The molecule has 0 bridgehead atoms. The maximum Gasteiger partial charge on any atom is 0.309 e. The Morgan fingerprint density at radius 2 is 1.58 bits per heavy atom. The molecule has 0 radical (unpaired) electrons. The number of hydrogen-bond acceptors (Lipinski definition) is 4. The van der Waals surface area contributed by atoms with Gasteiger partial charge in [0.05, 0.1) is 5.92 Å². The first-order chi connectivity index (χ1) is 15.5. The molecule has 1 N–H and O–H groups in total. The minimum Gasteiger partial charge on any atom is -0.452 e. The molecule has 3 rings (SSSR count). The normalized spacial score (nSPS) is 15.6. The second-order valence-electron chi connectivity index (χ2n) is 9.47. The SMILES string of the molecule is C[C@H](OC(=O)C1CCN(C(=O)c2ccc(Cl)cc2)CC1)C(=O)Nc1ccc(C(C)(C)C)cc1. The Balaban J connectivity index is 1.47. The van der Waals surface area contributed by atoms with E-state index in [4.69, 9.17) is 16.3 Å². The van der Waals surface area contributed by atoms with Crippen LogP contribution in [-0.4, -0.2) is 41.9 Å². The minimum atomic E-state index is -0.909. The number of anilines is 1. The summed E-state index contributed by atoms with van der Waals surface area (Å²) in [5.41, 5.74) is 2.42. The molecule has 1 aliphatic heterocycles. The Morgan fingerprint density at radius 1 is 1.00 bits per heavy atom. The molecule has 0 aliphatic carbocycles. The molecule has 2 aromatic rings. The molecule has 1 saturated heterocycles. The van der Waals surface area contributed by atoms with E-state index in [9.17, 15) is 14.4 Å². The lowest BCUT2D eigenvalue weighted by Crippen LogP contribution is -2.41. The van der Waals surface area contributed by atoms with Crippen LogP contribution < -0.4 is 5.32 Å². The summed E-state index contributed by atoms with van der Waals surface area (Å²) in [7, 11) is 0. The first-order valence-corrected chi connectivity index (χ1v) is 11.6. The molecule has 2 amide bonds. The highest BCUT2D eigenvalue weighted by Gasteiger charge is 2.30. The molecule has 0 aromatic heterocycles. The fraction of sp³-hybridized carbons (Fsp3) is 0.423. The van der Waals surface area contributed by atoms with Gasteiger partial charge in [-0.05, 0) is 67.1 Å². The van der Waals surface area contributed by atoms with Crippen LogP contribution in [0.3, 0.4) is 0 Å². The zero-order chi connectivity index (χ0) is 24.2. The van der Waals surface area contributed by atoms with Gasteiger partial charge in [-0.25, -0.2) is 0 Å². The number of likely N-dealkylation sites (tertiary alicyclic amines) is 1. The van der Waals surface area contributed by atoms with Crippen LogP contribution in [0, 0.1) is 5.92 Å². The third-order valence-electron chi connectivity index (χ3n) is 5.89. The number of piperidine rings is 1. The molecule has 2 aromatic carbocycles. The summed E-state index contributed by atoms with van der Waals surface area (Å²) in [6.07, 6.45) is 0.0927. The number of carbonyl (C=O) groups excluding carboxylic acids is 3. The van der Waals surface area contributed by atoms with Gasteiger partial charge in [0.25, 0.3) is 11.8 Å². The molecule has 33 heavy (non-hydrogen) atoms. The summed E-state index contributed by atoms with van der Waals surface area (Å²) >= 11 is 5.88. The maximum absolute atomic E-state index is 12.6. The summed E-state index contributed by atoms with van der Waals surface area (Å²) in [6.45, 7) is 8.86. The van der Waals surface area contributed by atoms with E-state index in [-0.39, 0.29) is 23.1 Å². The highest BCUT2D eigenvalue weighted by molar-refractivity contribution is 6.30. The van der Waals surface area contributed by atoms with Crippen molar-refractivity contribution in [3.05, 3.63) is 64.7 Å². The van der Waals surface area contributed by atoms with Crippen molar-refractivity contribution in [3.63, 3.8) is 0 Å². The van der Waals surface area contributed by atoms with E-state index in [2.05, 4.69) is 26.1 Å². The van der Waals surface area contributed by atoms with Crippen LogP contribution in [0.4, 0.5) is 5.69 Å². The first kappa shape index (κ1) is 24.8. The van der Waals surface area contributed by atoms with Gasteiger partial charge in [0, 0.05) is 29.4 Å². The number of esters is 1. The predicted octanol–water partition coefficient (Wildman–Crippen LogP) is 5.06. The second kappa shape index (κ2) is 10.4. The Bertz CT molecular complexity index is 988. The smallest absolute Gasteiger partial charge is 0.309 e. The summed E-state index contributed by atoms with van der Waals surface area (Å²) in [5.74, 6) is -1.19. The van der Waals surface area contributed by atoms with Crippen molar-refractivity contribution in [2.75, 3.05) is 18.4 Å². The van der Waals surface area contributed by atoms with Gasteiger partial charge in [0.15, 0.2) is 6.10 Å². The third-order valence-corrected chi connectivity index (χ3v) is 6.14. The van der Waals surface area contributed by atoms with Crippen LogP contribution in [-0.2, 0) is 19.7 Å². The Labute approximate surface area is 200 Å². The van der Waals surface area contributed by atoms with Crippen molar-refractivity contribution >= 4 is 35.1 Å². The van der Waals surface area contributed by atoms with Gasteiger partial charge in [0.1, 0.15) is 0 Å². The highest BCUT2D eigenvalue weighted by atomic mass is 35.5. The van der Waals surface area contributed by atoms with Crippen molar-refractivity contribution in [2.24, 2.45) is 5.92 Å². The van der Waals surface area contributed by atoms with Crippen molar-refractivity contribution < 1.29 is 19.1 Å². The van der Waals surface area contributed by atoms with Crippen molar-refractivity contribution in [1.82, 2.24) is 4.90 Å². The molecule has 6 nitrogen and oxygen atoms in total. The van der Waals surface area contributed by atoms with E-state index in [1.807, 2.05) is 24.3 Å². The molecular formula is C26H31ClN2O4. The van der Waals surface area contributed by atoms with Gasteiger partial charge in [-0.15, -0.1) is 0 Å². The number of amides is 2.